The molecular formula is C12H15ClN2O4. The summed E-state index contributed by atoms with van der Waals surface area (Å²) in [7, 11) is 0. The van der Waals surface area contributed by atoms with Gasteiger partial charge in [0.1, 0.15) is 0 Å². The molecule has 1 rings (SSSR count). The third-order valence-electron chi connectivity index (χ3n) is 2.32. The number of carbonyl (C=O) groups excluding carboxylic acids is 2. The highest BCUT2D eigenvalue weighted by atomic mass is 35.5. The molecule has 0 aliphatic carbocycles. The van der Waals surface area contributed by atoms with E-state index in [4.69, 9.17) is 21.8 Å². The summed E-state index contributed by atoms with van der Waals surface area (Å²) in [6.07, 6.45) is 0. The van der Waals surface area contributed by atoms with Crippen LogP contribution < -0.4 is 10.6 Å². The summed E-state index contributed by atoms with van der Waals surface area (Å²) in [6, 6.07) is 5.51. The third kappa shape index (κ3) is 5.25. The molecule has 0 fully saturated rings. The molecule has 4 N–H and O–H groups in total. The number of benzene rings is 1. The number of hydrogen-bond donors (Lipinski definition) is 4. The van der Waals surface area contributed by atoms with E-state index in [0.29, 0.717) is 10.6 Å². The van der Waals surface area contributed by atoms with Gasteiger partial charge in [0.15, 0.2) is 0 Å². The smallest absolute Gasteiger partial charge is 0.251 e. The summed E-state index contributed by atoms with van der Waals surface area (Å²) in [6.45, 7) is -0.974. The minimum Gasteiger partial charge on any atom is -0.394 e. The highest BCUT2D eigenvalue weighted by molar-refractivity contribution is 6.30. The summed E-state index contributed by atoms with van der Waals surface area (Å²) >= 11 is 5.69. The first-order valence-electron chi connectivity index (χ1n) is 5.61. The van der Waals surface area contributed by atoms with E-state index in [-0.39, 0.29) is 19.8 Å². The van der Waals surface area contributed by atoms with Gasteiger partial charge in [-0.15, -0.1) is 0 Å². The molecule has 0 bridgehead atoms. The Morgan fingerprint density at radius 1 is 1.16 bits per heavy atom. The summed E-state index contributed by atoms with van der Waals surface area (Å²) in [4.78, 5) is 23.0. The first-order valence-corrected chi connectivity index (χ1v) is 5.99. The lowest BCUT2D eigenvalue weighted by Crippen LogP contribution is -2.45. The third-order valence-corrected chi connectivity index (χ3v) is 2.57. The lowest BCUT2D eigenvalue weighted by molar-refractivity contribution is -0.121. The predicted molar refractivity (Wildman–Crippen MR) is 69.9 cm³/mol. The minimum absolute atomic E-state index is 0.238. The van der Waals surface area contributed by atoms with Crippen molar-refractivity contribution in [2.45, 2.75) is 6.04 Å². The highest BCUT2D eigenvalue weighted by Crippen LogP contribution is 2.09. The van der Waals surface area contributed by atoms with Crippen molar-refractivity contribution in [2.24, 2.45) is 0 Å². The summed E-state index contributed by atoms with van der Waals surface area (Å²) in [5.41, 5.74) is 0.387. The van der Waals surface area contributed by atoms with Crippen LogP contribution in [0.3, 0.4) is 0 Å². The summed E-state index contributed by atoms with van der Waals surface area (Å²) in [5.74, 6) is -0.897. The molecule has 0 heterocycles. The van der Waals surface area contributed by atoms with Crippen LogP contribution in [0, 0.1) is 0 Å². The van der Waals surface area contributed by atoms with Gasteiger partial charge >= 0.3 is 0 Å². The number of amides is 2. The molecule has 0 saturated heterocycles. The zero-order chi connectivity index (χ0) is 14.3. The van der Waals surface area contributed by atoms with Gasteiger partial charge in [0.05, 0.1) is 25.8 Å². The van der Waals surface area contributed by atoms with Gasteiger partial charge < -0.3 is 20.8 Å². The van der Waals surface area contributed by atoms with Crippen molar-refractivity contribution in [3.05, 3.63) is 34.9 Å². The van der Waals surface area contributed by atoms with E-state index in [9.17, 15) is 9.59 Å². The molecule has 19 heavy (non-hydrogen) atoms. The fourth-order valence-electron chi connectivity index (χ4n) is 1.29. The molecule has 0 atom stereocenters. The maximum atomic E-state index is 11.7. The predicted octanol–water partition coefficient (Wildman–Crippen LogP) is -0.461. The summed E-state index contributed by atoms with van der Waals surface area (Å²) in [5, 5.41) is 22.9. The van der Waals surface area contributed by atoms with Crippen molar-refractivity contribution in [1.82, 2.24) is 10.6 Å². The molecule has 104 valence electrons. The topological polar surface area (TPSA) is 98.7 Å². The second-order valence-electron chi connectivity index (χ2n) is 3.82. The number of nitrogens with one attached hydrogen (secondary N) is 2. The van der Waals surface area contributed by atoms with Crippen LogP contribution in [0.15, 0.2) is 24.3 Å². The fraction of sp³-hybridized carbons (Fsp3) is 0.333. The Kier molecular flexibility index (Phi) is 6.27. The quantitative estimate of drug-likeness (QED) is 0.569. The summed E-state index contributed by atoms with van der Waals surface area (Å²) < 4.78 is 0. The monoisotopic (exact) mass is 286 g/mol. The van der Waals surface area contributed by atoms with Gasteiger partial charge in [-0.2, -0.15) is 0 Å². The van der Waals surface area contributed by atoms with E-state index in [2.05, 4.69) is 10.6 Å². The van der Waals surface area contributed by atoms with Crippen molar-refractivity contribution in [3.8, 4) is 0 Å². The van der Waals surface area contributed by atoms with E-state index in [1.54, 1.807) is 24.3 Å². The second kappa shape index (κ2) is 7.73. The standard InChI is InChI=1S/C12H15ClN2O4/c13-9-3-1-8(2-4-9)12(19)14-5-11(18)15-10(6-16)7-17/h1-4,10,16-17H,5-7H2,(H,14,19)(H,15,18). The first kappa shape index (κ1) is 15.4. The first-order chi connectivity index (χ1) is 9.06. The van der Waals surface area contributed by atoms with Crippen LogP contribution in [-0.2, 0) is 4.79 Å². The fourth-order valence-corrected chi connectivity index (χ4v) is 1.42. The van der Waals surface area contributed by atoms with Gasteiger partial charge in [-0.05, 0) is 24.3 Å². The van der Waals surface area contributed by atoms with Crippen LogP contribution >= 0.6 is 11.6 Å². The highest BCUT2D eigenvalue weighted by Gasteiger charge is 2.11. The normalized spacial score (nSPS) is 10.3. The van der Waals surface area contributed by atoms with Gasteiger partial charge in [0.25, 0.3) is 5.91 Å². The van der Waals surface area contributed by atoms with Gasteiger partial charge in [-0.3, -0.25) is 9.59 Å². The largest absolute Gasteiger partial charge is 0.394 e. The molecule has 7 heteroatoms. The average molecular weight is 287 g/mol. The molecule has 2 amide bonds. The molecule has 1 aromatic carbocycles. The van der Waals surface area contributed by atoms with Crippen molar-refractivity contribution in [1.29, 1.82) is 0 Å². The Morgan fingerprint density at radius 2 is 1.74 bits per heavy atom. The SMILES string of the molecule is O=C(CNC(=O)c1ccc(Cl)cc1)NC(CO)CO. The lowest BCUT2D eigenvalue weighted by atomic mass is 10.2. The Morgan fingerprint density at radius 3 is 2.26 bits per heavy atom. The van der Waals surface area contributed by atoms with Gasteiger partial charge in [-0.1, -0.05) is 11.6 Å². The maximum absolute atomic E-state index is 11.7. The molecule has 0 spiro atoms. The molecule has 0 aliphatic rings. The zero-order valence-corrected chi connectivity index (χ0v) is 10.9. The van der Waals surface area contributed by atoms with Crippen LogP contribution in [0.5, 0.6) is 0 Å². The number of hydrogen-bond acceptors (Lipinski definition) is 4. The second-order valence-corrected chi connectivity index (χ2v) is 4.26. The Balaban J connectivity index is 2.41. The average Bonchev–Trinajstić information content (AvgIpc) is 2.43. The van der Waals surface area contributed by atoms with Crippen molar-refractivity contribution in [2.75, 3.05) is 19.8 Å². The van der Waals surface area contributed by atoms with E-state index in [1.165, 1.54) is 0 Å². The molecule has 0 unspecified atom stereocenters. The molecule has 0 saturated carbocycles. The van der Waals surface area contributed by atoms with Crippen LogP contribution in [0.1, 0.15) is 10.4 Å². The van der Waals surface area contributed by atoms with Gasteiger partial charge in [0, 0.05) is 10.6 Å². The van der Waals surface area contributed by atoms with Crippen LogP contribution in [0.2, 0.25) is 5.02 Å². The minimum atomic E-state index is -0.722. The molecule has 1 aromatic rings. The van der Waals surface area contributed by atoms with E-state index in [1.807, 2.05) is 0 Å². The van der Waals surface area contributed by atoms with E-state index >= 15 is 0 Å². The zero-order valence-electron chi connectivity index (χ0n) is 10.1. The number of aliphatic hydroxyl groups excluding tert-OH is 2. The molecule has 6 nitrogen and oxygen atoms in total. The van der Waals surface area contributed by atoms with Crippen LogP contribution in [0.25, 0.3) is 0 Å². The molecule has 0 aromatic heterocycles. The van der Waals surface area contributed by atoms with Gasteiger partial charge in [0.2, 0.25) is 5.91 Å². The Hall–Kier alpha value is -1.63. The number of carbonyl (C=O) groups is 2. The van der Waals surface area contributed by atoms with Crippen LogP contribution in [-0.4, -0.2) is 47.8 Å². The lowest BCUT2D eigenvalue weighted by Gasteiger charge is -2.13. The van der Waals surface area contributed by atoms with Crippen molar-refractivity contribution < 1.29 is 19.8 Å². The van der Waals surface area contributed by atoms with Crippen LogP contribution in [0.4, 0.5) is 0 Å². The molecular weight excluding hydrogens is 272 g/mol. The van der Waals surface area contributed by atoms with E-state index in [0.717, 1.165) is 0 Å². The van der Waals surface area contributed by atoms with Gasteiger partial charge in [-0.25, -0.2) is 0 Å². The number of rotatable bonds is 6. The number of halogens is 1. The maximum Gasteiger partial charge on any atom is 0.251 e. The van der Waals surface area contributed by atoms with E-state index < -0.39 is 17.9 Å². The van der Waals surface area contributed by atoms with Crippen molar-refractivity contribution in [3.63, 3.8) is 0 Å². The van der Waals surface area contributed by atoms with Crippen molar-refractivity contribution >= 4 is 23.4 Å². The number of aliphatic hydroxyl groups is 2. The Labute approximate surface area is 115 Å². The molecule has 0 radical (unpaired) electrons. The molecule has 0 aliphatic heterocycles. The Bertz CT molecular complexity index is 432.